The zero-order valence-electron chi connectivity index (χ0n) is 12.4. The van der Waals surface area contributed by atoms with E-state index in [0.29, 0.717) is 5.92 Å². The highest BCUT2D eigenvalue weighted by Crippen LogP contribution is 2.01. The Morgan fingerprint density at radius 3 is 2.80 bits per heavy atom. The van der Waals surface area contributed by atoms with Crippen LogP contribution in [0.3, 0.4) is 0 Å². The van der Waals surface area contributed by atoms with Crippen molar-refractivity contribution in [2.45, 2.75) is 26.9 Å². The minimum absolute atomic E-state index is 0.597. The topological polar surface area (TPSA) is 63.1 Å². The van der Waals surface area contributed by atoms with E-state index in [1.807, 2.05) is 10.9 Å². The molecular weight excluding hydrogens is 274 g/mol. The van der Waals surface area contributed by atoms with Gasteiger partial charge in [-0.1, -0.05) is 19.1 Å². The quantitative estimate of drug-likeness (QED) is 0.773. The second-order valence-corrected chi connectivity index (χ2v) is 7.38. The molecule has 20 heavy (non-hydrogen) atoms. The minimum Gasteiger partial charge on any atom is -0.311 e. The van der Waals surface area contributed by atoms with Crippen LogP contribution in [-0.4, -0.2) is 61.8 Å². The predicted molar refractivity (Wildman–Crippen MR) is 80.9 cm³/mol. The van der Waals surface area contributed by atoms with E-state index in [0.717, 1.165) is 56.5 Å². The fourth-order valence-electron chi connectivity index (χ4n) is 2.16. The van der Waals surface area contributed by atoms with Gasteiger partial charge in [0.1, 0.15) is 0 Å². The van der Waals surface area contributed by atoms with Crippen LogP contribution < -0.4 is 5.32 Å². The fourth-order valence-corrected chi connectivity index (χ4v) is 3.29. The second-order valence-electron chi connectivity index (χ2n) is 5.69. The van der Waals surface area contributed by atoms with E-state index in [-0.39, 0.29) is 0 Å². The average Bonchev–Trinajstić information content (AvgIpc) is 2.86. The Bertz CT molecular complexity index is 424. The zero-order chi connectivity index (χ0) is 14.4. The first kappa shape index (κ1) is 15.6. The van der Waals surface area contributed by atoms with Gasteiger partial charge in [-0.15, -0.1) is 5.10 Å². The van der Waals surface area contributed by atoms with Crippen LogP contribution in [0.1, 0.15) is 19.5 Å². The van der Waals surface area contributed by atoms with E-state index in [1.54, 1.807) is 0 Å². The van der Waals surface area contributed by atoms with Gasteiger partial charge in [0, 0.05) is 54.7 Å². The van der Waals surface area contributed by atoms with Gasteiger partial charge >= 0.3 is 0 Å². The Hall–Kier alpha value is -0.790. The van der Waals surface area contributed by atoms with Gasteiger partial charge in [0.25, 0.3) is 0 Å². The van der Waals surface area contributed by atoms with Gasteiger partial charge in [-0.05, 0) is 12.5 Å². The van der Waals surface area contributed by atoms with Crippen molar-refractivity contribution in [3.63, 3.8) is 0 Å². The summed E-state index contributed by atoms with van der Waals surface area (Å²) in [5, 5.41) is 11.7. The van der Waals surface area contributed by atoms with Gasteiger partial charge in [-0.2, -0.15) is 0 Å². The van der Waals surface area contributed by atoms with Crippen molar-refractivity contribution in [2.24, 2.45) is 5.92 Å². The lowest BCUT2D eigenvalue weighted by Crippen LogP contribution is -2.39. The van der Waals surface area contributed by atoms with E-state index in [1.165, 1.54) is 0 Å². The maximum atomic E-state index is 11.3. The van der Waals surface area contributed by atoms with Crippen LogP contribution in [0.4, 0.5) is 0 Å². The van der Waals surface area contributed by atoms with E-state index in [4.69, 9.17) is 0 Å². The molecule has 0 amide bonds. The molecule has 0 aromatic carbocycles. The number of hydrogen-bond donors (Lipinski definition) is 1. The molecule has 0 saturated carbocycles. The highest BCUT2D eigenvalue weighted by Gasteiger charge is 2.14. The van der Waals surface area contributed by atoms with Crippen molar-refractivity contribution in [3.05, 3.63) is 11.9 Å². The summed E-state index contributed by atoms with van der Waals surface area (Å²) in [5.41, 5.74) is 0.991. The summed E-state index contributed by atoms with van der Waals surface area (Å²) >= 11 is 0. The molecule has 0 unspecified atom stereocenters. The average molecular weight is 299 g/mol. The Morgan fingerprint density at radius 2 is 2.10 bits per heavy atom. The van der Waals surface area contributed by atoms with Crippen LogP contribution >= 0.6 is 0 Å². The number of hydrogen-bond acceptors (Lipinski definition) is 5. The van der Waals surface area contributed by atoms with E-state index in [2.05, 4.69) is 34.4 Å². The minimum atomic E-state index is -0.597. The number of rotatable bonds is 7. The lowest BCUT2D eigenvalue weighted by atomic mass is 10.2. The van der Waals surface area contributed by atoms with Crippen LogP contribution in [-0.2, 0) is 23.9 Å². The van der Waals surface area contributed by atoms with Crippen LogP contribution in [0, 0.1) is 5.92 Å². The molecular formula is C13H25N5OS. The van der Waals surface area contributed by atoms with Crippen molar-refractivity contribution in [3.8, 4) is 0 Å². The molecule has 6 nitrogen and oxygen atoms in total. The molecule has 1 aromatic rings. The van der Waals surface area contributed by atoms with Crippen LogP contribution in [0.2, 0.25) is 0 Å². The van der Waals surface area contributed by atoms with E-state index < -0.39 is 10.8 Å². The first-order chi connectivity index (χ1) is 9.63. The van der Waals surface area contributed by atoms with Crippen LogP contribution in [0.15, 0.2) is 6.20 Å². The number of nitrogens with zero attached hydrogens (tertiary/aromatic N) is 4. The molecule has 0 bridgehead atoms. The van der Waals surface area contributed by atoms with Gasteiger partial charge in [-0.25, -0.2) is 0 Å². The largest absolute Gasteiger partial charge is 0.311 e. The summed E-state index contributed by atoms with van der Waals surface area (Å²) in [6.45, 7) is 9.83. The summed E-state index contributed by atoms with van der Waals surface area (Å²) in [4.78, 5) is 2.35. The lowest BCUT2D eigenvalue weighted by molar-refractivity contribution is 0.280. The third-order valence-corrected chi connectivity index (χ3v) is 4.64. The molecule has 2 rings (SSSR count). The number of aromatic nitrogens is 3. The van der Waals surface area contributed by atoms with E-state index >= 15 is 0 Å². The maximum absolute atomic E-state index is 11.3. The monoisotopic (exact) mass is 299 g/mol. The Morgan fingerprint density at radius 1 is 1.35 bits per heavy atom. The van der Waals surface area contributed by atoms with Crippen molar-refractivity contribution >= 4 is 10.8 Å². The SMILES string of the molecule is CC(C)CNCc1cn(CCN2CCS(=O)CC2)nn1. The highest BCUT2D eigenvalue weighted by molar-refractivity contribution is 7.85. The first-order valence-corrected chi connectivity index (χ1v) is 8.79. The smallest absolute Gasteiger partial charge is 0.0964 e. The standard InChI is InChI=1S/C13H25N5OS/c1-12(2)9-14-10-13-11-18(16-15-13)4-3-17-5-7-20(19)8-6-17/h11-12,14H,3-10H2,1-2H3. The molecule has 1 N–H and O–H groups in total. The van der Waals surface area contributed by atoms with Gasteiger partial charge in [0.05, 0.1) is 12.2 Å². The molecule has 0 spiro atoms. The van der Waals surface area contributed by atoms with Crippen molar-refractivity contribution in [2.75, 3.05) is 37.7 Å². The summed E-state index contributed by atoms with van der Waals surface area (Å²) in [6, 6.07) is 0. The molecule has 114 valence electrons. The maximum Gasteiger partial charge on any atom is 0.0964 e. The lowest BCUT2D eigenvalue weighted by Gasteiger charge is -2.25. The molecule has 1 saturated heterocycles. The van der Waals surface area contributed by atoms with Crippen molar-refractivity contribution in [1.29, 1.82) is 0 Å². The molecule has 1 aromatic heterocycles. The number of nitrogens with one attached hydrogen (secondary N) is 1. The third-order valence-electron chi connectivity index (χ3n) is 3.36. The Kier molecular flexibility index (Phi) is 6.12. The van der Waals surface area contributed by atoms with E-state index in [9.17, 15) is 4.21 Å². The Balaban J connectivity index is 1.68. The molecule has 0 radical (unpaired) electrons. The second kappa shape index (κ2) is 7.85. The van der Waals surface area contributed by atoms with Crippen molar-refractivity contribution in [1.82, 2.24) is 25.2 Å². The Labute approximate surface area is 123 Å². The van der Waals surface area contributed by atoms with Crippen LogP contribution in [0.5, 0.6) is 0 Å². The molecule has 0 aliphatic carbocycles. The molecule has 1 aliphatic heterocycles. The normalized spacial score (nSPS) is 17.9. The molecule has 0 atom stereocenters. The summed E-state index contributed by atoms with van der Waals surface area (Å²) in [7, 11) is -0.597. The molecule has 2 heterocycles. The summed E-state index contributed by atoms with van der Waals surface area (Å²) < 4.78 is 13.2. The molecule has 7 heteroatoms. The van der Waals surface area contributed by atoms with Gasteiger partial charge in [-0.3, -0.25) is 13.8 Å². The summed E-state index contributed by atoms with van der Waals surface area (Å²) in [6.07, 6.45) is 2.01. The third kappa shape index (κ3) is 5.30. The summed E-state index contributed by atoms with van der Waals surface area (Å²) in [5.74, 6) is 2.26. The zero-order valence-corrected chi connectivity index (χ0v) is 13.2. The highest BCUT2D eigenvalue weighted by atomic mass is 32.2. The van der Waals surface area contributed by atoms with Gasteiger partial charge < -0.3 is 5.32 Å². The van der Waals surface area contributed by atoms with Gasteiger partial charge in [0.15, 0.2) is 0 Å². The van der Waals surface area contributed by atoms with Crippen molar-refractivity contribution < 1.29 is 4.21 Å². The van der Waals surface area contributed by atoms with Crippen LogP contribution in [0.25, 0.3) is 0 Å². The molecule has 1 fully saturated rings. The molecule has 1 aliphatic rings. The first-order valence-electron chi connectivity index (χ1n) is 7.30. The van der Waals surface area contributed by atoms with Gasteiger partial charge in [0.2, 0.25) is 0 Å². The fraction of sp³-hybridized carbons (Fsp3) is 0.846. The predicted octanol–water partition coefficient (Wildman–Crippen LogP) is 0.0880.